The number of hydrogen-bond acceptors (Lipinski definition) is 4. The predicted octanol–water partition coefficient (Wildman–Crippen LogP) is 6.04. The zero-order valence-corrected chi connectivity index (χ0v) is 26.2. The van der Waals surface area contributed by atoms with Crippen LogP contribution in [0.25, 0.3) is 0 Å². The average Bonchev–Trinajstić information content (AvgIpc) is 2.93. The van der Waals surface area contributed by atoms with E-state index < -0.39 is 28.5 Å². The molecule has 7 nitrogen and oxygen atoms in total. The molecule has 1 atom stereocenters. The van der Waals surface area contributed by atoms with Gasteiger partial charge in [-0.3, -0.25) is 13.9 Å². The Morgan fingerprint density at radius 3 is 2.17 bits per heavy atom. The predicted molar refractivity (Wildman–Crippen MR) is 166 cm³/mol. The second-order valence-corrected chi connectivity index (χ2v) is 13.0. The van der Waals surface area contributed by atoms with Gasteiger partial charge in [0.25, 0.3) is 10.0 Å². The molecule has 0 aliphatic carbocycles. The fourth-order valence-electron chi connectivity index (χ4n) is 4.40. The van der Waals surface area contributed by atoms with Crippen molar-refractivity contribution in [2.24, 2.45) is 5.92 Å². The number of rotatable bonds is 12. The summed E-state index contributed by atoms with van der Waals surface area (Å²) >= 11 is 6.46. The van der Waals surface area contributed by atoms with Crippen LogP contribution in [-0.4, -0.2) is 44.3 Å². The van der Waals surface area contributed by atoms with E-state index in [0.717, 1.165) is 21.0 Å². The van der Waals surface area contributed by atoms with Crippen LogP contribution >= 0.6 is 11.6 Å². The topological polar surface area (TPSA) is 86.8 Å². The van der Waals surface area contributed by atoms with Gasteiger partial charge in [0.2, 0.25) is 11.8 Å². The summed E-state index contributed by atoms with van der Waals surface area (Å²) in [5.74, 6) is -0.574. The van der Waals surface area contributed by atoms with Crippen molar-refractivity contribution in [3.05, 3.63) is 94.0 Å². The molecule has 3 rings (SSSR count). The fourth-order valence-corrected chi connectivity index (χ4v) is 6.00. The molecule has 3 aromatic rings. The number of amides is 2. The minimum Gasteiger partial charge on any atom is -0.354 e. The molecule has 220 valence electrons. The van der Waals surface area contributed by atoms with Gasteiger partial charge in [-0.2, -0.15) is 0 Å². The second kappa shape index (κ2) is 14.0. The van der Waals surface area contributed by atoms with Crippen LogP contribution in [0, 0.1) is 26.7 Å². The van der Waals surface area contributed by atoms with E-state index in [-0.39, 0.29) is 23.3 Å². The number of benzene rings is 3. The van der Waals surface area contributed by atoms with Crippen LogP contribution in [0.3, 0.4) is 0 Å². The highest BCUT2D eigenvalue weighted by atomic mass is 35.5. The van der Waals surface area contributed by atoms with Crippen LogP contribution in [0.1, 0.15) is 49.4 Å². The fraction of sp³-hybridized carbons (Fsp3) is 0.375. The van der Waals surface area contributed by atoms with Gasteiger partial charge in [-0.1, -0.05) is 74.3 Å². The molecule has 1 N–H and O–H groups in total. The number of hydrogen-bond donors (Lipinski definition) is 1. The van der Waals surface area contributed by atoms with E-state index in [1.54, 1.807) is 54.6 Å². The van der Waals surface area contributed by atoms with E-state index in [1.165, 1.54) is 4.90 Å². The second-order valence-electron chi connectivity index (χ2n) is 10.8. The third-order valence-corrected chi connectivity index (χ3v) is 9.19. The molecule has 0 aliphatic heterocycles. The standard InChI is InChI=1S/C32H40ClN3O4S/c1-7-30(32(38)34-19-22(2)3)35(20-26-10-8-9-11-29(26)33)31(37)21-36(27-15-14-24(5)25(6)18-27)41(39,40)28-16-12-23(4)13-17-28/h8-18,22,30H,7,19-21H2,1-6H3,(H,34,38)/t30-/m1/s1. The zero-order chi connectivity index (χ0) is 30.3. The highest BCUT2D eigenvalue weighted by Gasteiger charge is 2.34. The summed E-state index contributed by atoms with van der Waals surface area (Å²) in [6.45, 7) is 11.5. The number of halogens is 1. The Morgan fingerprint density at radius 1 is 0.927 bits per heavy atom. The summed E-state index contributed by atoms with van der Waals surface area (Å²) in [4.78, 5) is 29.0. The Morgan fingerprint density at radius 2 is 1.59 bits per heavy atom. The van der Waals surface area contributed by atoms with Crippen LogP contribution in [0.2, 0.25) is 5.02 Å². The van der Waals surface area contributed by atoms with Crippen molar-refractivity contribution in [1.29, 1.82) is 0 Å². The van der Waals surface area contributed by atoms with Crippen molar-refractivity contribution in [2.45, 2.75) is 65.4 Å². The molecular weight excluding hydrogens is 558 g/mol. The Labute approximate surface area is 249 Å². The highest BCUT2D eigenvalue weighted by Crippen LogP contribution is 2.27. The normalized spacial score (nSPS) is 12.2. The van der Waals surface area contributed by atoms with Gasteiger partial charge in [-0.15, -0.1) is 0 Å². The minimum atomic E-state index is -4.13. The van der Waals surface area contributed by atoms with Crippen LogP contribution in [0.15, 0.2) is 71.6 Å². The molecule has 0 radical (unpaired) electrons. The first-order valence-electron chi connectivity index (χ1n) is 13.8. The lowest BCUT2D eigenvalue weighted by Crippen LogP contribution is -2.52. The van der Waals surface area contributed by atoms with E-state index in [0.29, 0.717) is 29.2 Å². The molecule has 41 heavy (non-hydrogen) atoms. The lowest BCUT2D eigenvalue weighted by Gasteiger charge is -2.33. The maximum atomic E-state index is 14.2. The van der Waals surface area contributed by atoms with E-state index in [4.69, 9.17) is 11.6 Å². The van der Waals surface area contributed by atoms with Crippen molar-refractivity contribution < 1.29 is 18.0 Å². The molecule has 0 aliphatic rings. The third-order valence-electron chi connectivity index (χ3n) is 7.04. The Kier molecular flexibility index (Phi) is 11.0. The lowest BCUT2D eigenvalue weighted by molar-refractivity contribution is -0.140. The Balaban J connectivity index is 2.08. The van der Waals surface area contributed by atoms with Crippen molar-refractivity contribution >= 4 is 39.1 Å². The third kappa shape index (κ3) is 8.11. The van der Waals surface area contributed by atoms with Crippen LogP contribution in [-0.2, 0) is 26.2 Å². The molecule has 0 heterocycles. The van der Waals surface area contributed by atoms with Crippen LogP contribution in [0.5, 0.6) is 0 Å². The van der Waals surface area contributed by atoms with Gasteiger partial charge in [0.05, 0.1) is 10.6 Å². The summed E-state index contributed by atoms with van der Waals surface area (Å²) in [6.07, 6.45) is 0.342. The molecule has 0 saturated carbocycles. The summed E-state index contributed by atoms with van der Waals surface area (Å²) in [5, 5.41) is 3.39. The number of aryl methyl sites for hydroxylation is 3. The van der Waals surface area contributed by atoms with Crippen molar-refractivity contribution in [3.8, 4) is 0 Å². The number of carbonyl (C=O) groups is 2. The van der Waals surface area contributed by atoms with Gasteiger partial charge < -0.3 is 10.2 Å². The minimum absolute atomic E-state index is 0.0530. The summed E-state index contributed by atoms with van der Waals surface area (Å²) in [7, 11) is -4.13. The SMILES string of the molecule is CC[C@H](C(=O)NCC(C)C)N(Cc1ccccc1Cl)C(=O)CN(c1ccc(C)c(C)c1)S(=O)(=O)c1ccc(C)cc1. The first-order chi connectivity index (χ1) is 19.3. The van der Waals surface area contributed by atoms with Crippen molar-refractivity contribution in [1.82, 2.24) is 10.2 Å². The molecule has 2 amide bonds. The summed E-state index contributed by atoms with van der Waals surface area (Å²) in [6, 6.07) is 18.1. The Hall–Kier alpha value is -3.36. The number of nitrogens with one attached hydrogen (secondary N) is 1. The van der Waals surface area contributed by atoms with E-state index >= 15 is 0 Å². The number of sulfonamides is 1. The molecule has 0 unspecified atom stereocenters. The van der Waals surface area contributed by atoms with Crippen LogP contribution in [0.4, 0.5) is 5.69 Å². The highest BCUT2D eigenvalue weighted by molar-refractivity contribution is 7.92. The van der Waals surface area contributed by atoms with Gasteiger partial charge in [-0.05, 0) is 80.1 Å². The monoisotopic (exact) mass is 597 g/mol. The maximum absolute atomic E-state index is 14.2. The van der Waals surface area contributed by atoms with E-state index in [1.807, 2.05) is 53.7 Å². The van der Waals surface area contributed by atoms with Gasteiger partial charge in [0, 0.05) is 18.1 Å². The molecule has 0 saturated heterocycles. The molecule has 0 spiro atoms. The Bertz CT molecular complexity index is 1470. The molecule has 0 fully saturated rings. The molecule has 9 heteroatoms. The van der Waals surface area contributed by atoms with Crippen LogP contribution < -0.4 is 9.62 Å². The number of nitrogens with zero attached hydrogens (tertiary/aromatic N) is 2. The van der Waals surface area contributed by atoms with Crippen molar-refractivity contribution in [3.63, 3.8) is 0 Å². The molecular formula is C32H40ClN3O4S. The van der Waals surface area contributed by atoms with Gasteiger partial charge in [0.1, 0.15) is 12.6 Å². The molecule has 0 aromatic heterocycles. The van der Waals surface area contributed by atoms with Gasteiger partial charge >= 0.3 is 0 Å². The molecule has 0 bridgehead atoms. The summed E-state index contributed by atoms with van der Waals surface area (Å²) < 4.78 is 29.2. The first-order valence-corrected chi connectivity index (χ1v) is 15.6. The quantitative estimate of drug-likeness (QED) is 0.276. The lowest BCUT2D eigenvalue weighted by atomic mass is 10.1. The van der Waals surface area contributed by atoms with E-state index in [9.17, 15) is 18.0 Å². The van der Waals surface area contributed by atoms with Gasteiger partial charge in [0.15, 0.2) is 0 Å². The zero-order valence-electron chi connectivity index (χ0n) is 24.6. The maximum Gasteiger partial charge on any atom is 0.264 e. The van der Waals surface area contributed by atoms with E-state index in [2.05, 4.69) is 5.32 Å². The average molecular weight is 598 g/mol. The smallest absolute Gasteiger partial charge is 0.264 e. The summed E-state index contributed by atoms with van der Waals surface area (Å²) in [5.41, 5.74) is 3.85. The number of anilines is 1. The van der Waals surface area contributed by atoms with Crippen molar-refractivity contribution in [2.75, 3.05) is 17.4 Å². The molecule has 3 aromatic carbocycles. The van der Waals surface area contributed by atoms with Gasteiger partial charge in [-0.25, -0.2) is 8.42 Å². The largest absolute Gasteiger partial charge is 0.354 e. The first kappa shape index (κ1) is 32.2. The number of carbonyl (C=O) groups excluding carboxylic acids is 2.